The molecule has 1 heterocycles. The summed E-state index contributed by atoms with van der Waals surface area (Å²) in [6.45, 7) is 0. The van der Waals surface area contributed by atoms with Gasteiger partial charge in [0, 0.05) is 5.69 Å². The van der Waals surface area contributed by atoms with Gasteiger partial charge in [-0.1, -0.05) is 37.5 Å². The normalized spacial score (nSPS) is 27.8. The molecule has 1 aliphatic carbocycles. The first-order chi connectivity index (χ1) is 8.84. The topological polar surface area (TPSA) is 41.6 Å². The van der Waals surface area contributed by atoms with Crippen molar-refractivity contribution in [2.24, 2.45) is 5.92 Å². The summed E-state index contributed by atoms with van der Waals surface area (Å²) in [7, 11) is 0. The molecular weight excluding hydrogens is 226 g/mol. The van der Waals surface area contributed by atoms with E-state index >= 15 is 0 Å². The molecule has 96 valence electrons. The van der Waals surface area contributed by atoms with Crippen LogP contribution in [-0.2, 0) is 9.53 Å². The van der Waals surface area contributed by atoms with Gasteiger partial charge < -0.3 is 10.1 Å². The van der Waals surface area contributed by atoms with Crippen LogP contribution in [0.2, 0.25) is 0 Å². The zero-order valence-electron chi connectivity index (χ0n) is 10.5. The molecule has 3 rings (SSSR count). The van der Waals surface area contributed by atoms with E-state index in [4.69, 9.17) is 4.74 Å². The molecule has 0 radical (unpaired) electrons. The Morgan fingerprint density at radius 3 is 2.56 bits per heavy atom. The second kappa shape index (κ2) is 5.11. The minimum atomic E-state index is -0.215. The summed E-state index contributed by atoms with van der Waals surface area (Å²) < 4.78 is 5.58. The van der Waals surface area contributed by atoms with Crippen molar-refractivity contribution in [3.63, 3.8) is 0 Å². The molecule has 1 aromatic carbocycles. The highest BCUT2D eigenvalue weighted by Crippen LogP contribution is 2.38. The van der Waals surface area contributed by atoms with Gasteiger partial charge in [0.15, 0.2) is 6.10 Å². The zero-order valence-corrected chi connectivity index (χ0v) is 10.5. The number of epoxide rings is 1. The summed E-state index contributed by atoms with van der Waals surface area (Å²) in [5.41, 5.74) is 0.848. The van der Waals surface area contributed by atoms with E-state index in [2.05, 4.69) is 5.32 Å². The van der Waals surface area contributed by atoms with Crippen LogP contribution < -0.4 is 5.32 Å². The first-order valence-electron chi connectivity index (χ1n) is 6.86. The molecule has 1 N–H and O–H groups in total. The Kier molecular flexibility index (Phi) is 3.33. The summed E-state index contributed by atoms with van der Waals surface area (Å²) in [4.78, 5) is 12.0. The van der Waals surface area contributed by atoms with Crippen molar-refractivity contribution in [3.05, 3.63) is 30.3 Å². The number of rotatable bonds is 3. The van der Waals surface area contributed by atoms with E-state index < -0.39 is 0 Å². The number of nitrogens with one attached hydrogen (secondary N) is 1. The van der Waals surface area contributed by atoms with Gasteiger partial charge in [-0.3, -0.25) is 4.79 Å². The molecule has 2 aliphatic rings. The largest absolute Gasteiger partial charge is 0.359 e. The molecule has 1 aromatic rings. The van der Waals surface area contributed by atoms with Crippen LogP contribution in [0.15, 0.2) is 30.3 Å². The summed E-state index contributed by atoms with van der Waals surface area (Å²) in [5.74, 6) is 0.613. The monoisotopic (exact) mass is 245 g/mol. The number of ether oxygens (including phenoxy) is 1. The molecule has 0 unspecified atom stereocenters. The zero-order chi connectivity index (χ0) is 12.4. The predicted octanol–water partition coefficient (Wildman–Crippen LogP) is 2.97. The highest BCUT2D eigenvalue weighted by molar-refractivity contribution is 5.96. The average Bonchev–Trinajstić information content (AvgIpc) is 3.21. The smallest absolute Gasteiger partial charge is 0.256 e. The van der Waals surface area contributed by atoms with Crippen molar-refractivity contribution in [1.82, 2.24) is 0 Å². The van der Waals surface area contributed by atoms with Crippen LogP contribution in [0.25, 0.3) is 0 Å². The molecule has 0 spiro atoms. The number of carbonyl (C=O) groups is 1. The SMILES string of the molecule is O=C(Nc1ccccc1)[C@@H]1O[C@@H]1C1CCCCC1. The third kappa shape index (κ3) is 2.56. The molecule has 2 atom stereocenters. The van der Waals surface area contributed by atoms with E-state index in [0.717, 1.165) is 5.69 Å². The summed E-state index contributed by atoms with van der Waals surface area (Å²) in [5, 5.41) is 2.91. The van der Waals surface area contributed by atoms with E-state index in [9.17, 15) is 4.79 Å². The van der Waals surface area contributed by atoms with Crippen molar-refractivity contribution in [2.45, 2.75) is 44.3 Å². The lowest BCUT2D eigenvalue weighted by atomic mass is 9.86. The number of benzene rings is 1. The second-order valence-electron chi connectivity index (χ2n) is 5.27. The van der Waals surface area contributed by atoms with Gasteiger partial charge in [0.25, 0.3) is 5.91 Å². The number of carbonyl (C=O) groups excluding carboxylic acids is 1. The second-order valence-corrected chi connectivity index (χ2v) is 5.27. The Morgan fingerprint density at radius 2 is 1.83 bits per heavy atom. The fourth-order valence-corrected chi connectivity index (χ4v) is 2.89. The van der Waals surface area contributed by atoms with Crippen LogP contribution in [0.3, 0.4) is 0 Å². The fraction of sp³-hybridized carbons (Fsp3) is 0.533. The highest BCUT2D eigenvalue weighted by atomic mass is 16.6. The van der Waals surface area contributed by atoms with Gasteiger partial charge in [-0.05, 0) is 30.9 Å². The molecule has 3 heteroatoms. The molecular formula is C15H19NO2. The molecule has 2 fully saturated rings. The highest BCUT2D eigenvalue weighted by Gasteiger charge is 2.49. The first-order valence-corrected chi connectivity index (χ1v) is 6.86. The molecule has 18 heavy (non-hydrogen) atoms. The first kappa shape index (κ1) is 11.7. The van der Waals surface area contributed by atoms with Gasteiger partial charge in [0.05, 0.1) is 6.10 Å². The van der Waals surface area contributed by atoms with E-state index in [1.165, 1.54) is 32.1 Å². The molecule has 1 saturated carbocycles. The lowest BCUT2D eigenvalue weighted by Crippen LogP contribution is -2.23. The molecule has 1 amide bonds. The van der Waals surface area contributed by atoms with E-state index in [1.807, 2.05) is 30.3 Å². The van der Waals surface area contributed by atoms with Crippen LogP contribution >= 0.6 is 0 Å². The van der Waals surface area contributed by atoms with Gasteiger partial charge in [-0.25, -0.2) is 0 Å². The van der Waals surface area contributed by atoms with Crippen molar-refractivity contribution >= 4 is 11.6 Å². The van der Waals surface area contributed by atoms with Crippen molar-refractivity contribution in [2.75, 3.05) is 5.32 Å². The van der Waals surface area contributed by atoms with Crippen LogP contribution in [0.1, 0.15) is 32.1 Å². The minimum Gasteiger partial charge on any atom is -0.359 e. The standard InChI is InChI=1S/C15H19NO2/c17-15(16-12-9-5-2-6-10-12)14-13(18-14)11-7-3-1-4-8-11/h2,5-6,9-11,13-14H,1,3-4,7-8H2,(H,16,17)/t13-,14-/m1/s1. The summed E-state index contributed by atoms with van der Waals surface area (Å²) in [6.07, 6.45) is 6.32. The lowest BCUT2D eigenvalue weighted by Gasteiger charge is -2.19. The van der Waals surface area contributed by atoms with Crippen molar-refractivity contribution in [3.8, 4) is 0 Å². The van der Waals surface area contributed by atoms with E-state index in [-0.39, 0.29) is 18.1 Å². The van der Waals surface area contributed by atoms with Gasteiger partial charge in [0.1, 0.15) is 0 Å². The maximum absolute atomic E-state index is 12.0. The average molecular weight is 245 g/mol. The third-order valence-corrected chi connectivity index (χ3v) is 3.94. The van der Waals surface area contributed by atoms with E-state index in [0.29, 0.717) is 5.92 Å². The predicted molar refractivity (Wildman–Crippen MR) is 70.3 cm³/mol. The maximum Gasteiger partial charge on any atom is 0.256 e. The molecule has 1 saturated heterocycles. The number of amides is 1. The summed E-state index contributed by atoms with van der Waals surface area (Å²) in [6, 6.07) is 9.57. The van der Waals surface area contributed by atoms with E-state index in [1.54, 1.807) is 0 Å². The quantitative estimate of drug-likeness (QED) is 0.832. The number of para-hydroxylation sites is 1. The van der Waals surface area contributed by atoms with Gasteiger partial charge >= 0.3 is 0 Å². The molecule has 0 bridgehead atoms. The van der Waals surface area contributed by atoms with Crippen LogP contribution in [-0.4, -0.2) is 18.1 Å². The Morgan fingerprint density at radius 1 is 1.11 bits per heavy atom. The van der Waals surface area contributed by atoms with Crippen LogP contribution in [0.5, 0.6) is 0 Å². The van der Waals surface area contributed by atoms with Gasteiger partial charge in [-0.15, -0.1) is 0 Å². The number of hydrogen-bond donors (Lipinski definition) is 1. The Bertz CT molecular complexity index is 412. The van der Waals surface area contributed by atoms with Crippen LogP contribution in [0.4, 0.5) is 5.69 Å². The summed E-state index contributed by atoms with van der Waals surface area (Å²) >= 11 is 0. The fourth-order valence-electron chi connectivity index (χ4n) is 2.89. The number of anilines is 1. The van der Waals surface area contributed by atoms with Gasteiger partial charge in [0.2, 0.25) is 0 Å². The molecule has 3 nitrogen and oxygen atoms in total. The maximum atomic E-state index is 12.0. The Hall–Kier alpha value is -1.35. The molecule has 1 aliphatic heterocycles. The minimum absolute atomic E-state index is 0.0109. The van der Waals surface area contributed by atoms with Crippen molar-refractivity contribution < 1.29 is 9.53 Å². The number of hydrogen-bond acceptors (Lipinski definition) is 2. The van der Waals surface area contributed by atoms with Crippen LogP contribution in [0, 0.1) is 5.92 Å². The van der Waals surface area contributed by atoms with Crippen molar-refractivity contribution in [1.29, 1.82) is 0 Å². The Labute approximate surface area is 108 Å². The Balaban J connectivity index is 1.53. The third-order valence-electron chi connectivity index (χ3n) is 3.94. The van der Waals surface area contributed by atoms with Gasteiger partial charge in [-0.2, -0.15) is 0 Å². The lowest BCUT2D eigenvalue weighted by molar-refractivity contribution is -0.117. The molecule has 0 aromatic heterocycles.